The summed E-state index contributed by atoms with van der Waals surface area (Å²) < 4.78 is 0. The minimum atomic E-state index is -0.527. The molecule has 0 unspecified atom stereocenters. The second-order valence-corrected chi connectivity index (χ2v) is 12.8. The Morgan fingerprint density at radius 2 is 0.854 bits per heavy atom. The van der Waals surface area contributed by atoms with E-state index >= 15 is 0 Å². The molecular weight excluding hydrogens is 579 g/mol. The number of hydrogen-bond donors (Lipinski definition) is 0. The zero-order valence-electron chi connectivity index (χ0n) is 26.3. The van der Waals surface area contributed by atoms with Crippen LogP contribution in [0.25, 0.3) is 44.2 Å². The molecule has 0 aliphatic heterocycles. The van der Waals surface area contributed by atoms with Crippen LogP contribution in [0.5, 0.6) is 0 Å². The summed E-state index contributed by atoms with van der Waals surface area (Å²) >= 11 is 0. The minimum Gasteiger partial charge on any atom is -0.310 e. The number of anilines is 3. The second kappa shape index (κ2) is 10.4. The van der Waals surface area contributed by atoms with Crippen LogP contribution >= 0.6 is 0 Å². The summed E-state index contributed by atoms with van der Waals surface area (Å²) in [4.78, 5) is 2.38. The van der Waals surface area contributed by atoms with Crippen LogP contribution in [-0.2, 0) is 5.41 Å². The van der Waals surface area contributed by atoms with Gasteiger partial charge in [-0.3, -0.25) is 0 Å². The van der Waals surface area contributed by atoms with E-state index in [1.54, 1.807) is 0 Å². The van der Waals surface area contributed by atoms with E-state index in [0.717, 1.165) is 17.1 Å². The SMILES string of the molecule is c1ccc(N(c2ccccc2)c2ccc3c(c2)C(c2ccccc2)(c2ccccc2)c2cc4c5c(cccc5c2-3)-c2ccccc2-4)cc1. The van der Waals surface area contributed by atoms with Crippen molar-refractivity contribution in [3.63, 3.8) is 0 Å². The van der Waals surface area contributed by atoms with E-state index in [1.165, 1.54) is 66.4 Å². The fourth-order valence-electron chi connectivity index (χ4n) is 8.57. The van der Waals surface area contributed by atoms with Gasteiger partial charge in [-0.25, -0.2) is 0 Å². The first kappa shape index (κ1) is 27.0. The molecule has 0 aromatic heterocycles. The summed E-state index contributed by atoms with van der Waals surface area (Å²) in [6.45, 7) is 0. The van der Waals surface area contributed by atoms with Crippen LogP contribution in [0.2, 0.25) is 0 Å². The molecule has 0 saturated heterocycles. The van der Waals surface area contributed by atoms with E-state index in [-0.39, 0.29) is 0 Å². The van der Waals surface area contributed by atoms with Gasteiger partial charge in [0.1, 0.15) is 0 Å². The third-order valence-electron chi connectivity index (χ3n) is 10.4. The highest BCUT2D eigenvalue weighted by molar-refractivity contribution is 6.20. The lowest BCUT2D eigenvalue weighted by atomic mass is 9.67. The lowest BCUT2D eigenvalue weighted by Gasteiger charge is -2.35. The maximum absolute atomic E-state index is 2.53. The monoisotopic (exact) mass is 609 g/mol. The number of para-hydroxylation sites is 2. The largest absolute Gasteiger partial charge is 0.310 e. The lowest BCUT2D eigenvalue weighted by molar-refractivity contribution is 0.769. The topological polar surface area (TPSA) is 3.24 Å². The number of hydrogen-bond acceptors (Lipinski definition) is 1. The summed E-state index contributed by atoms with van der Waals surface area (Å²) in [5.74, 6) is 0. The van der Waals surface area contributed by atoms with E-state index in [2.05, 4.69) is 193 Å². The first-order valence-corrected chi connectivity index (χ1v) is 16.7. The number of fused-ring (bicyclic) bond motifs is 7. The molecule has 0 amide bonds. The molecule has 8 aromatic carbocycles. The van der Waals surface area contributed by atoms with E-state index in [9.17, 15) is 0 Å². The summed E-state index contributed by atoms with van der Waals surface area (Å²) in [7, 11) is 0. The van der Waals surface area contributed by atoms with Gasteiger partial charge in [0.15, 0.2) is 0 Å². The Morgan fingerprint density at radius 1 is 0.333 bits per heavy atom. The maximum atomic E-state index is 2.53. The molecule has 8 aromatic rings. The molecule has 1 nitrogen and oxygen atoms in total. The summed E-state index contributed by atoms with van der Waals surface area (Å²) in [5, 5.41) is 2.68. The molecule has 0 atom stereocenters. The lowest BCUT2D eigenvalue weighted by Crippen LogP contribution is -2.28. The van der Waals surface area contributed by atoms with Crippen LogP contribution in [-0.4, -0.2) is 0 Å². The molecule has 1 heteroatoms. The first-order valence-electron chi connectivity index (χ1n) is 16.7. The first-order chi connectivity index (χ1) is 23.8. The molecule has 10 rings (SSSR count). The molecule has 0 radical (unpaired) electrons. The highest BCUT2D eigenvalue weighted by Crippen LogP contribution is 2.62. The van der Waals surface area contributed by atoms with Crippen LogP contribution in [0, 0.1) is 0 Å². The molecule has 0 spiro atoms. The Balaban J connectivity index is 1.35. The normalized spacial score (nSPS) is 13.2. The minimum absolute atomic E-state index is 0.527. The van der Waals surface area contributed by atoms with Gasteiger partial charge in [-0.15, -0.1) is 0 Å². The zero-order chi connectivity index (χ0) is 31.7. The molecule has 0 saturated carbocycles. The molecule has 0 fully saturated rings. The van der Waals surface area contributed by atoms with Crippen LogP contribution in [0.4, 0.5) is 17.1 Å². The van der Waals surface area contributed by atoms with Crippen molar-refractivity contribution in [3.8, 4) is 33.4 Å². The molecule has 48 heavy (non-hydrogen) atoms. The van der Waals surface area contributed by atoms with Crippen molar-refractivity contribution in [3.05, 3.63) is 210 Å². The summed E-state index contributed by atoms with van der Waals surface area (Å²) in [6.07, 6.45) is 0. The van der Waals surface area contributed by atoms with E-state index in [4.69, 9.17) is 0 Å². The van der Waals surface area contributed by atoms with Crippen LogP contribution in [0.15, 0.2) is 188 Å². The molecule has 224 valence electrons. The Kier molecular flexibility index (Phi) is 5.86. The van der Waals surface area contributed by atoms with Crippen molar-refractivity contribution in [2.75, 3.05) is 4.90 Å². The molecule has 2 aliphatic carbocycles. The van der Waals surface area contributed by atoms with E-state index in [1.807, 2.05) is 0 Å². The fourth-order valence-corrected chi connectivity index (χ4v) is 8.57. The van der Waals surface area contributed by atoms with Crippen molar-refractivity contribution in [2.24, 2.45) is 0 Å². The van der Waals surface area contributed by atoms with Gasteiger partial charge in [-0.05, 0) is 109 Å². The van der Waals surface area contributed by atoms with E-state index < -0.39 is 5.41 Å². The van der Waals surface area contributed by atoms with Gasteiger partial charge in [0.25, 0.3) is 0 Å². The molecule has 0 N–H and O–H groups in total. The van der Waals surface area contributed by atoms with E-state index in [0.29, 0.717) is 0 Å². The fraction of sp³-hybridized carbons (Fsp3) is 0.0213. The smallest absolute Gasteiger partial charge is 0.0714 e. The van der Waals surface area contributed by atoms with Gasteiger partial charge in [0.2, 0.25) is 0 Å². The van der Waals surface area contributed by atoms with Gasteiger partial charge in [-0.1, -0.05) is 146 Å². The summed E-state index contributed by atoms with van der Waals surface area (Å²) in [6, 6.07) is 69.2. The van der Waals surface area contributed by atoms with Crippen molar-refractivity contribution in [1.29, 1.82) is 0 Å². The Morgan fingerprint density at radius 3 is 1.46 bits per heavy atom. The second-order valence-electron chi connectivity index (χ2n) is 12.8. The standard InChI is InChI=1S/C47H31N/c1-5-16-32(17-6-1)47(33-18-7-2-8-19-33)43-30-36(48(34-20-9-3-10-21-34)35-22-11-4-12-23-35)28-29-40(43)46-41-27-15-26-39-37-24-13-14-25-38(37)42(45(39)41)31-44(46)47/h1-31H. The molecule has 0 bridgehead atoms. The highest BCUT2D eigenvalue weighted by atomic mass is 15.1. The maximum Gasteiger partial charge on any atom is 0.0714 e. The third kappa shape index (κ3) is 3.67. The molecule has 2 aliphatic rings. The van der Waals surface area contributed by atoms with Crippen LogP contribution < -0.4 is 4.90 Å². The van der Waals surface area contributed by atoms with Crippen molar-refractivity contribution in [2.45, 2.75) is 5.41 Å². The van der Waals surface area contributed by atoms with Gasteiger partial charge in [0, 0.05) is 17.1 Å². The average Bonchev–Trinajstić information content (AvgIpc) is 3.65. The quantitative estimate of drug-likeness (QED) is 0.188. The third-order valence-corrected chi connectivity index (χ3v) is 10.4. The summed E-state index contributed by atoms with van der Waals surface area (Å²) in [5.41, 5.74) is 16.0. The Hall–Kier alpha value is -6.18. The van der Waals surface area contributed by atoms with Gasteiger partial charge in [0.05, 0.1) is 5.41 Å². The average molecular weight is 610 g/mol. The van der Waals surface area contributed by atoms with Crippen molar-refractivity contribution in [1.82, 2.24) is 0 Å². The molecular formula is C47H31N. The van der Waals surface area contributed by atoms with Crippen molar-refractivity contribution < 1.29 is 0 Å². The highest BCUT2D eigenvalue weighted by Gasteiger charge is 2.48. The number of rotatable bonds is 5. The predicted octanol–water partition coefficient (Wildman–Crippen LogP) is 12.3. The zero-order valence-corrected chi connectivity index (χ0v) is 26.3. The van der Waals surface area contributed by atoms with Gasteiger partial charge in [-0.2, -0.15) is 0 Å². The Bertz CT molecular complexity index is 2400. The van der Waals surface area contributed by atoms with Gasteiger partial charge >= 0.3 is 0 Å². The molecule has 0 heterocycles. The number of nitrogens with zero attached hydrogens (tertiary/aromatic N) is 1. The van der Waals surface area contributed by atoms with Crippen LogP contribution in [0.1, 0.15) is 22.3 Å². The van der Waals surface area contributed by atoms with Crippen molar-refractivity contribution >= 4 is 27.8 Å². The number of benzene rings is 8. The Labute approximate surface area is 281 Å². The van der Waals surface area contributed by atoms with Gasteiger partial charge < -0.3 is 4.90 Å². The predicted molar refractivity (Wildman–Crippen MR) is 200 cm³/mol. The van der Waals surface area contributed by atoms with Crippen LogP contribution in [0.3, 0.4) is 0 Å².